The highest BCUT2D eigenvalue weighted by Gasteiger charge is 2.21. The molecule has 1 aliphatic heterocycles. The molecule has 1 aliphatic rings. The number of rotatable bonds is 4. The van der Waals surface area contributed by atoms with Crippen LogP contribution in [0.1, 0.15) is 16.2 Å². The maximum Gasteiger partial charge on any atom is 0.273 e. The van der Waals surface area contributed by atoms with Gasteiger partial charge >= 0.3 is 0 Å². The minimum Gasteiger partial charge on any atom is -0.350 e. The summed E-state index contributed by atoms with van der Waals surface area (Å²) in [7, 11) is 0. The molecular weight excluding hydrogens is 325 g/mol. The number of hydrogen-bond donors (Lipinski definition) is 2. The van der Waals surface area contributed by atoms with Gasteiger partial charge in [-0.15, -0.1) is 17.5 Å². The van der Waals surface area contributed by atoms with E-state index in [0.29, 0.717) is 28.9 Å². The average molecular weight is 342 g/mol. The van der Waals surface area contributed by atoms with Crippen LogP contribution in [-0.2, 0) is 0 Å². The molecule has 1 fully saturated rings. The van der Waals surface area contributed by atoms with Gasteiger partial charge in [0.05, 0.1) is 11.4 Å². The molecule has 1 aromatic carbocycles. The minimum atomic E-state index is -0.187. The molecular formula is C14H17Cl2N5O. The molecule has 0 saturated carbocycles. The fraction of sp³-hybridized carbons (Fsp3) is 0.357. The van der Waals surface area contributed by atoms with E-state index in [1.54, 1.807) is 16.8 Å². The summed E-state index contributed by atoms with van der Waals surface area (Å²) in [6.45, 7) is 4.39. The lowest BCUT2D eigenvalue weighted by molar-refractivity contribution is 0.0936. The summed E-state index contributed by atoms with van der Waals surface area (Å²) in [4.78, 5) is 12.1. The Bertz CT molecular complexity index is 669. The molecule has 0 spiro atoms. The average Bonchev–Trinajstić information content (AvgIpc) is 2.78. The SMILES string of the molecule is Cc1c(C(=O)NCC2CNC2)nnn1-c1cccc(Cl)c1.Cl. The molecule has 1 saturated heterocycles. The van der Waals surface area contributed by atoms with Crippen LogP contribution in [0.5, 0.6) is 0 Å². The number of nitrogens with one attached hydrogen (secondary N) is 2. The van der Waals surface area contributed by atoms with E-state index in [9.17, 15) is 4.79 Å². The van der Waals surface area contributed by atoms with E-state index in [-0.39, 0.29) is 18.3 Å². The van der Waals surface area contributed by atoms with Crippen LogP contribution in [0, 0.1) is 12.8 Å². The summed E-state index contributed by atoms with van der Waals surface area (Å²) in [5.74, 6) is 0.324. The molecule has 2 N–H and O–H groups in total. The Labute approximate surface area is 139 Å². The van der Waals surface area contributed by atoms with Gasteiger partial charge in [0, 0.05) is 30.6 Å². The lowest BCUT2D eigenvalue weighted by Gasteiger charge is -2.26. The normalized spacial score (nSPS) is 14.1. The standard InChI is InChI=1S/C14H16ClN5O.ClH/c1-9-13(14(21)17-8-10-6-16-7-10)18-19-20(9)12-4-2-3-11(15)5-12;/h2-5,10,16H,6-8H2,1H3,(H,17,21);1H. The molecule has 2 heterocycles. The quantitative estimate of drug-likeness (QED) is 0.885. The van der Waals surface area contributed by atoms with Crippen LogP contribution in [0.2, 0.25) is 5.02 Å². The summed E-state index contributed by atoms with van der Waals surface area (Å²) in [5.41, 5.74) is 1.83. The second kappa shape index (κ2) is 7.09. The van der Waals surface area contributed by atoms with Crippen LogP contribution in [0.3, 0.4) is 0 Å². The van der Waals surface area contributed by atoms with Gasteiger partial charge in [0.1, 0.15) is 0 Å². The number of carbonyl (C=O) groups excluding carboxylic acids is 1. The molecule has 1 aromatic heterocycles. The number of aromatic nitrogens is 3. The van der Waals surface area contributed by atoms with Crippen molar-refractivity contribution in [1.82, 2.24) is 25.6 Å². The number of nitrogens with zero attached hydrogens (tertiary/aromatic N) is 3. The van der Waals surface area contributed by atoms with Crippen molar-refractivity contribution in [2.24, 2.45) is 5.92 Å². The number of benzene rings is 1. The number of hydrogen-bond acceptors (Lipinski definition) is 4. The third-order valence-corrected chi connectivity index (χ3v) is 3.81. The summed E-state index contributed by atoms with van der Waals surface area (Å²) in [5, 5.41) is 14.7. The predicted octanol–water partition coefficient (Wildman–Crippen LogP) is 1.60. The Morgan fingerprint density at radius 1 is 1.50 bits per heavy atom. The molecule has 8 heteroatoms. The highest BCUT2D eigenvalue weighted by molar-refractivity contribution is 6.30. The first-order chi connectivity index (χ1) is 10.1. The first-order valence-corrected chi connectivity index (χ1v) is 7.20. The van der Waals surface area contributed by atoms with Gasteiger partial charge in [-0.1, -0.05) is 22.9 Å². The molecule has 1 amide bonds. The summed E-state index contributed by atoms with van der Waals surface area (Å²) >= 11 is 5.98. The van der Waals surface area contributed by atoms with E-state index < -0.39 is 0 Å². The Morgan fingerprint density at radius 3 is 2.91 bits per heavy atom. The van der Waals surface area contributed by atoms with Gasteiger partial charge in [0.25, 0.3) is 5.91 Å². The van der Waals surface area contributed by atoms with Crippen molar-refractivity contribution < 1.29 is 4.79 Å². The summed E-state index contributed by atoms with van der Waals surface area (Å²) in [6, 6.07) is 7.28. The molecule has 0 unspecified atom stereocenters. The highest BCUT2D eigenvalue weighted by Crippen LogP contribution is 2.16. The molecule has 0 atom stereocenters. The Kier molecular flexibility index (Phi) is 5.39. The molecule has 2 aromatic rings. The molecule has 0 aliphatic carbocycles. The maximum atomic E-state index is 12.1. The van der Waals surface area contributed by atoms with E-state index in [2.05, 4.69) is 20.9 Å². The smallest absolute Gasteiger partial charge is 0.273 e. The number of halogens is 2. The second-order valence-electron chi connectivity index (χ2n) is 5.15. The van der Waals surface area contributed by atoms with Crippen molar-refractivity contribution >= 4 is 29.9 Å². The molecule has 6 nitrogen and oxygen atoms in total. The zero-order valence-corrected chi connectivity index (χ0v) is 13.6. The lowest BCUT2D eigenvalue weighted by atomic mass is 10.0. The molecule has 118 valence electrons. The van der Waals surface area contributed by atoms with Crippen molar-refractivity contribution in [2.45, 2.75) is 6.92 Å². The van der Waals surface area contributed by atoms with E-state index in [0.717, 1.165) is 18.8 Å². The lowest BCUT2D eigenvalue weighted by Crippen LogP contribution is -2.48. The highest BCUT2D eigenvalue weighted by atomic mass is 35.5. The van der Waals surface area contributed by atoms with Crippen molar-refractivity contribution in [3.05, 3.63) is 40.7 Å². The molecule has 22 heavy (non-hydrogen) atoms. The third-order valence-electron chi connectivity index (χ3n) is 3.58. The van der Waals surface area contributed by atoms with E-state index >= 15 is 0 Å². The minimum absolute atomic E-state index is 0. The first-order valence-electron chi connectivity index (χ1n) is 6.82. The van der Waals surface area contributed by atoms with Gasteiger partial charge in [-0.3, -0.25) is 4.79 Å². The van der Waals surface area contributed by atoms with Gasteiger partial charge in [-0.25, -0.2) is 4.68 Å². The topological polar surface area (TPSA) is 71.8 Å². The monoisotopic (exact) mass is 341 g/mol. The second-order valence-corrected chi connectivity index (χ2v) is 5.59. The van der Waals surface area contributed by atoms with Crippen LogP contribution < -0.4 is 10.6 Å². The van der Waals surface area contributed by atoms with E-state index in [1.807, 2.05) is 19.1 Å². The van der Waals surface area contributed by atoms with E-state index in [1.165, 1.54) is 0 Å². The third kappa shape index (κ3) is 3.40. The van der Waals surface area contributed by atoms with Crippen molar-refractivity contribution in [1.29, 1.82) is 0 Å². The molecule has 3 rings (SSSR count). The Balaban J connectivity index is 0.00000176. The Morgan fingerprint density at radius 2 is 2.27 bits per heavy atom. The van der Waals surface area contributed by atoms with Crippen molar-refractivity contribution in [3.63, 3.8) is 0 Å². The van der Waals surface area contributed by atoms with Crippen molar-refractivity contribution in [2.75, 3.05) is 19.6 Å². The van der Waals surface area contributed by atoms with Gasteiger partial charge in [-0.2, -0.15) is 0 Å². The van der Waals surface area contributed by atoms with Gasteiger partial charge in [0.15, 0.2) is 5.69 Å². The van der Waals surface area contributed by atoms with Crippen LogP contribution in [0.4, 0.5) is 0 Å². The maximum absolute atomic E-state index is 12.1. The fourth-order valence-corrected chi connectivity index (χ4v) is 2.39. The zero-order chi connectivity index (χ0) is 14.8. The van der Waals surface area contributed by atoms with Crippen LogP contribution in [0.15, 0.2) is 24.3 Å². The van der Waals surface area contributed by atoms with Gasteiger partial charge in [0.2, 0.25) is 0 Å². The summed E-state index contributed by atoms with van der Waals surface area (Å²) in [6.07, 6.45) is 0. The van der Waals surface area contributed by atoms with Crippen LogP contribution in [-0.4, -0.2) is 40.5 Å². The van der Waals surface area contributed by atoms with E-state index in [4.69, 9.17) is 11.6 Å². The van der Waals surface area contributed by atoms with Crippen molar-refractivity contribution in [3.8, 4) is 5.69 Å². The van der Waals surface area contributed by atoms with Gasteiger partial charge in [-0.05, 0) is 25.1 Å². The fourth-order valence-electron chi connectivity index (χ4n) is 2.21. The van der Waals surface area contributed by atoms with Crippen LogP contribution in [0.25, 0.3) is 5.69 Å². The molecule has 0 bridgehead atoms. The largest absolute Gasteiger partial charge is 0.350 e. The molecule has 0 radical (unpaired) electrons. The zero-order valence-electron chi connectivity index (χ0n) is 12.0. The number of amides is 1. The first kappa shape index (κ1) is 16.7. The predicted molar refractivity (Wildman–Crippen MR) is 87.0 cm³/mol. The van der Waals surface area contributed by atoms with Gasteiger partial charge < -0.3 is 10.6 Å². The van der Waals surface area contributed by atoms with Crippen LogP contribution >= 0.6 is 24.0 Å². The Hall–Kier alpha value is -1.63. The summed E-state index contributed by atoms with van der Waals surface area (Å²) < 4.78 is 1.62. The number of carbonyl (C=O) groups is 1.